The highest BCUT2D eigenvalue weighted by molar-refractivity contribution is 5.84. The number of rotatable bonds is 3. The standard InChI is InChI=1S/C14H16N4O/c1-3-9-5-15-14-12(9)4-10(6-16-14)13-11(8-19)7-18(2)17-13/h4-7,19H,3,8H2,1-2H3,(H,15,16). The lowest BCUT2D eigenvalue weighted by atomic mass is 10.1. The van der Waals surface area contributed by atoms with E-state index in [0.717, 1.165) is 34.3 Å². The highest BCUT2D eigenvalue weighted by atomic mass is 16.3. The van der Waals surface area contributed by atoms with E-state index in [2.05, 4.69) is 28.1 Å². The molecule has 3 rings (SSSR count). The average Bonchev–Trinajstić information content (AvgIpc) is 3.00. The first-order valence-electron chi connectivity index (χ1n) is 6.32. The Kier molecular flexibility index (Phi) is 2.83. The van der Waals surface area contributed by atoms with Gasteiger partial charge in [-0.2, -0.15) is 5.10 Å². The Bertz CT molecular complexity index is 726. The van der Waals surface area contributed by atoms with Gasteiger partial charge in [-0.15, -0.1) is 0 Å². The zero-order valence-corrected chi connectivity index (χ0v) is 11.0. The number of nitrogens with zero attached hydrogens (tertiary/aromatic N) is 3. The van der Waals surface area contributed by atoms with Crippen LogP contribution in [0.3, 0.4) is 0 Å². The Morgan fingerprint density at radius 1 is 1.37 bits per heavy atom. The molecule has 0 saturated heterocycles. The highest BCUT2D eigenvalue weighted by Gasteiger charge is 2.12. The lowest BCUT2D eigenvalue weighted by Crippen LogP contribution is -1.90. The molecule has 3 heterocycles. The van der Waals surface area contributed by atoms with Crippen LogP contribution in [0.5, 0.6) is 0 Å². The molecule has 0 aliphatic rings. The van der Waals surface area contributed by atoms with E-state index in [9.17, 15) is 5.11 Å². The molecule has 3 aromatic rings. The van der Waals surface area contributed by atoms with Gasteiger partial charge in [0.1, 0.15) is 5.65 Å². The summed E-state index contributed by atoms with van der Waals surface area (Å²) in [5.41, 5.74) is 4.68. The number of nitrogens with one attached hydrogen (secondary N) is 1. The van der Waals surface area contributed by atoms with Crippen molar-refractivity contribution in [1.29, 1.82) is 0 Å². The molecule has 0 spiro atoms. The molecule has 0 unspecified atom stereocenters. The van der Waals surface area contributed by atoms with Crippen molar-refractivity contribution in [1.82, 2.24) is 19.7 Å². The van der Waals surface area contributed by atoms with Crippen LogP contribution in [-0.2, 0) is 20.1 Å². The fourth-order valence-corrected chi connectivity index (χ4v) is 2.38. The van der Waals surface area contributed by atoms with Crippen molar-refractivity contribution in [2.24, 2.45) is 7.05 Å². The Balaban J connectivity index is 2.19. The maximum atomic E-state index is 9.39. The quantitative estimate of drug-likeness (QED) is 0.753. The number of aryl methyl sites for hydroxylation is 2. The van der Waals surface area contributed by atoms with E-state index in [-0.39, 0.29) is 6.61 Å². The smallest absolute Gasteiger partial charge is 0.137 e. The van der Waals surface area contributed by atoms with E-state index < -0.39 is 0 Å². The first-order chi connectivity index (χ1) is 9.22. The SMILES string of the molecule is CCc1c[nH]c2ncc(-c3nn(C)cc3CO)cc12. The van der Waals surface area contributed by atoms with Crippen molar-refractivity contribution in [3.05, 3.63) is 35.8 Å². The molecule has 5 heteroatoms. The van der Waals surface area contributed by atoms with Crippen molar-refractivity contribution in [2.45, 2.75) is 20.0 Å². The summed E-state index contributed by atoms with van der Waals surface area (Å²) in [5, 5.41) is 14.9. The largest absolute Gasteiger partial charge is 0.392 e. The summed E-state index contributed by atoms with van der Waals surface area (Å²) >= 11 is 0. The topological polar surface area (TPSA) is 66.7 Å². The third-order valence-electron chi connectivity index (χ3n) is 3.35. The van der Waals surface area contributed by atoms with E-state index >= 15 is 0 Å². The Morgan fingerprint density at radius 3 is 2.95 bits per heavy atom. The molecular formula is C14H16N4O. The van der Waals surface area contributed by atoms with Crippen molar-refractivity contribution >= 4 is 11.0 Å². The van der Waals surface area contributed by atoms with E-state index in [4.69, 9.17) is 0 Å². The molecule has 3 aromatic heterocycles. The fraction of sp³-hybridized carbons (Fsp3) is 0.286. The third-order valence-corrected chi connectivity index (χ3v) is 3.35. The molecule has 2 N–H and O–H groups in total. The van der Waals surface area contributed by atoms with E-state index in [1.165, 1.54) is 5.56 Å². The first-order valence-corrected chi connectivity index (χ1v) is 6.32. The number of aliphatic hydroxyl groups excluding tert-OH is 1. The number of aromatic nitrogens is 4. The van der Waals surface area contributed by atoms with Gasteiger partial charge in [0.05, 0.1) is 12.3 Å². The number of aromatic amines is 1. The number of hydrogen-bond acceptors (Lipinski definition) is 3. The second kappa shape index (κ2) is 4.51. The van der Waals surface area contributed by atoms with E-state index in [1.54, 1.807) is 10.9 Å². The number of hydrogen-bond donors (Lipinski definition) is 2. The van der Waals surface area contributed by atoms with E-state index in [0.29, 0.717) is 0 Å². The number of aliphatic hydroxyl groups is 1. The van der Waals surface area contributed by atoms with Crippen LogP contribution >= 0.6 is 0 Å². The molecule has 0 bridgehead atoms. The number of H-pyrrole nitrogens is 1. The molecule has 5 nitrogen and oxygen atoms in total. The monoisotopic (exact) mass is 256 g/mol. The van der Waals surface area contributed by atoms with Gasteiger partial charge < -0.3 is 10.1 Å². The van der Waals surface area contributed by atoms with Gasteiger partial charge in [-0.25, -0.2) is 4.98 Å². The third kappa shape index (κ3) is 1.92. The van der Waals surface area contributed by atoms with Crippen LogP contribution in [0.15, 0.2) is 24.7 Å². The molecule has 0 aliphatic carbocycles. The van der Waals surface area contributed by atoms with Crippen molar-refractivity contribution < 1.29 is 5.11 Å². The van der Waals surface area contributed by atoms with Crippen molar-refractivity contribution in [2.75, 3.05) is 0 Å². The van der Waals surface area contributed by atoms with Crippen LogP contribution in [-0.4, -0.2) is 24.9 Å². The van der Waals surface area contributed by atoms with E-state index in [1.807, 2.05) is 19.4 Å². The zero-order valence-electron chi connectivity index (χ0n) is 11.0. The molecule has 0 aromatic carbocycles. The van der Waals surface area contributed by atoms with Gasteiger partial charge in [0.2, 0.25) is 0 Å². The minimum Gasteiger partial charge on any atom is -0.392 e. The molecule has 0 saturated carbocycles. The normalized spacial score (nSPS) is 11.3. The maximum absolute atomic E-state index is 9.39. The first kappa shape index (κ1) is 11.9. The minimum absolute atomic E-state index is 0.0189. The van der Waals surface area contributed by atoms with Gasteiger partial charge in [-0.3, -0.25) is 4.68 Å². The number of fused-ring (bicyclic) bond motifs is 1. The van der Waals surface area contributed by atoms with Crippen LogP contribution in [0, 0.1) is 0 Å². The summed E-state index contributed by atoms with van der Waals surface area (Å²) in [4.78, 5) is 7.59. The summed E-state index contributed by atoms with van der Waals surface area (Å²) in [5.74, 6) is 0. The van der Waals surface area contributed by atoms with Crippen LogP contribution in [0.25, 0.3) is 22.3 Å². The summed E-state index contributed by atoms with van der Waals surface area (Å²) in [6.07, 6.45) is 6.57. The summed E-state index contributed by atoms with van der Waals surface area (Å²) in [6.45, 7) is 2.10. The second-order valence-corrected chi connectivity index (χ2v) is 4.62. The second-order valence-electron chi connectivity index (χ2n) is 4.62. The zero-order chi connectivity index (χ0) is 13.4. The summed E-state index contributed by atoms with van der Waals surface area (Å²) in [7, 11) is 1.85. The molecule has 0 aliphatic heterocycles. The summed E-state index contributed by atoms with van der Waals surface area (Å²) in [6, 6.07) is 2.08. The highest BCUT2D eigenvalue weighted by Crippen LogP contribution is 2.26. The molecule has 0 fully saturated rings. The van der Waals surface area contributed by atoms with Gasteiger partial charge in [-0.05, 0) is 18.1 Å². The minimum atomic E-state index is -0.0189. The molecule has 0 radical (unpaired) electrons. The fourth-order valence-electron chi connectivity index (χ4n) is 2.38. The van der Waals surface area contributed by atoms with Crippen molar-refractivity contribution in [3.63, 3.8) is 0 Å². The molecule has 98 valence electrons. The molecule has 0 amide bonds. The van der Waals surface area contributed by atoms with Crippen molar-refractivity contribution in [3.8, 4) is 11.3 Å². The van der Waals surface area contributed by atoms with Crippen LogP contribution in [0.2, 0.25) is 0 Å². The Morgan fingerprint density at radius 2 is 2.21 bits per heavy atom. The average molecular weight is 256 g/mol. The molecule has 19 heavy (non-hydrogen) atoms. The van der Waals surface area contributed by atoms with Gasteiger partial charge in [0, 0.05) is 42.2 Å². The van der Waals surface area contributed by atoms with Gasteiger partial charge in [-0.1, -0.05) is 6.92 Å². The summed E-state index contributed by atoms with van der Waals surface area (Å²) < 4.78 is 1.71. The lowest BCUT2D eigenvalue weighted by Gasteiger charge is -2.01. The van der Waals surface area contributed by atoms with Gasteiger partial charge in [0.15, 0.2) is 0 Å². The van der Waals surface area contributed by atoms with Gasteiger partial charge >= 0.3 is 0 Å². The Hall–Kier alpha value is -2.14. The van der Waals surface area contributed by atoms with Crippen LogP contribution in [0.4, 0.5) is 0 Å². The molecular weight excluding hydrogens is 240 g/mol. The predicted molar refractivity (Wildman–Crippen MR) is 73.6 cm³/mol. The molecule has 0 atom stereocenters. The Labute approximate surface area is 110 Å². The van der Waals surface area contributed by atoms with Crippen LogP contribution in [0.1, 0.15) is 18.1 Å². The maximum Gasteiger partial charge on any atom is 0.137 e. The van der Waals surface area contributed by atoms with Crippen LogP contribution < -0.4 is 0 Å². The predicted octanol–water partition coefficient (Wildman–Crippen LogP) is 2.02. The lowest BCUT2D eigenvalue weighted by molar-refractivity contribution is 0.282. The number of pyridine rings is 1. The van der Waals surface area contributed by atoms with Gasteiger partial charge in [0.25, 0.3) is 0 Å².